The van der Waals surface area contributed by atoms with Crippen LogP contribution in [0.2, 0.25) is 0 Å². The third-order valence-electron chi connectivity index (χ3n) is 3.71. The SMILES string of the molecule is CC(=O)NCC(=O)OCc1cc(=O)oc2cc(C)c(C(C)C)cc12. The molecule has 0 bridgehead atoms. The molecular weight excluding hydrogens is 310 g/mol. The largest absolute Gasteiger partial charge is 0.459 e. The molecule has 0 saturated carbocycles. The number of esters is 1. The Balaban J connectivity index is 2.31. The number of hydrogen-bond donors (Lipinski definition) is 1. The summed E-state index contributed by atoms with van der Waals surface area (Å²) in [6, 6.07) is 5.12. The molecule has 24 heavy (non-hydrogen) atoms. The minimum Gasteiger partial charge on any atom is -0.459 e. The topological polar surface area (TPSA) is 85.6 Å². The lowest BCUT2D eigenvalue weighted by Crippen LogP contribution is -2.28. The Bertz CT molecular complexity index is 835. The summed E-state index contributed by atoms with van der Waals surface area (Å²) in [6.07, 6.45) is 0. The lowest BCUT2D eigenvalue weighted by molar-refractivity contribution is -0.145. The molecule has 0 fully saturated rings. The monoisotopic (exact) mass is 331 g/mol. The molecule has 0 spiro atoms. The normalized spacial score (nSPS) is 10.9. The second-order valence-electron chi connectivity index (χ2n) is 6.02. The van der Waals surface area contributed by atoms with Crippen molar-refractivity contribution in [1.29, 1.82) is 0 Å². The molecule has 1 amide bonds. The van der Waals surface area contributed by atoms with Crippen LogP contribution < -0.4 is 10.9 Å². The van der Waals surface area contributed by atoms with Gasteiger partial charge in [0.15, 0.2) is 0 Å². The average molecular weight is 331 g/mol. The summed E-state index contributed by atoms with van der Waals surface area (Å²) in [4.78, 5) is 34.2. The van der Waals surface area contributed by atoms with Gasteiger partial charge in [0.2, 0.25) is 5.91 Å². The summed E-state index contributed by atoms with van der Waals surface area (Å²) in [5.41, 5.74) is 2.74. The van der Waals surface area contributed by atoms with Gasteiger partial charge >= 0.3 is 11.6 Å². The molecule has 6 nitrogen and oxygen atoms in total. The first-order valence-electron chi connectivity index (χ1n) is 7.75. The van der Waals surface area contributed by atoms with Gasteiger partial charge in [0.25, 0.3) is 0 Å². The maximum Gasteiger partial charge on any atom is 0.336 e. The van der Waals surface area contributed by atoms with Crippen molar-refractivity contribution < 1.29 is 18.7 Å². The van der Waals surface area contributed by atoms with Crippen molar-refractivity contribution in [2.45, 2.75) is 40.2 Å². The van der Waals surface area contributed by atoms with Crippen LogP contribution in [0.4, 0.5) is 0 Å². The maximum atomic E-state index is 11.7. The van der Waals surface area contributed by atoms with Gasteiger partial charge in [-0.25, -0.2) is 4.79 Å². The van der Waals surface area contributed by atoms with Crippen molar-refractivity contribution in [1.82, 2.24) is 5.32 Å². The zero-order valence-electron chi connectivity index (χ0n) is 14.3. The number of nitrogens with one attached hydrogen (secondary N) is 1. The van der Waals surface area contributed by atoms with Crippen LogP contribution in [-0.2, 0) is 20.9 Å². The fraction of sp³-hybridized carbons (Fsp3) is 0.389. The van der Waals surface area contributed by atoms with Crippen LogP contribution in [0.3, 0.4) is 0 Å². The Hall–Kier alpha value is -2.63. The van der Waals surface area contributed by atoms with Crippen LogP contribution in [0.5, 0.6) is 0 Å². The lowest BCUT2D eigenvalue weighted by Gasteiger charge is -2.13. The quantitative estimate of drug-likeness (QED) is 0.672. The van der Waals surface area contributed by atoms with Gasteiger partial charge < -0.3 is 14.5 Å². The van der Waals surface area contributed by atoms with E-state index < -0.39 is 11.6 Å². The molecule has 0 radical (unpaired) electrons. The molecular formula is C18H21NO5. The third kappa shape index (κ3) is 4.22. The van der Waals surface area contributed by atoms with Crippen LogP contribution in [0.1, 0.15) is 43.4 Å². The summed E-state index contributed by atoms with van der Waals surface area (Å²) < 4.78 is 10.4. The minimum absolute atomic E-state index is 0.0545. The predicted octanol–water partition coefficient (Wildman–Crippen LogP) is 2.40. The summed E-state index contributed by atoms with van der Waals surface area (Å²) in [5.74, 6) is -0.561. The summed E-state index contributed by atoms with van der Waals surface area (Å²) in [7, 11) is 0. The van der Waals surface area contributed by atoms with Crippen molar-refractivity contribution in [3.8, 4) is 0 Å². The number of aryl methyl sites for hydroxylation is 1. The van der Waals surface area contributed by atoms with Gasteiger partial charge in [-0.3, -0.25) is 9.59 Å². The van der Waals surface area contributed by atoms with E-state index in [1.165, 1.54) is 13.0 Å². The number of rotatable bonds is 5. The number of hydrogen-bond acceptors (Lipinski definition) is 5. The highest BCUT2D eigenvalue weighted by molar-refractivity contribution is 5.83. The van der Waals surface area contributed by atoms with Crippen molar-refractivity contribution >= 4 is 22.8 Å². The Morgan fingerprint density at radius 1 is 1.25 bits per heavy atom. The van der Waals surface area contributed by atoms with Crippen molar-refractivity contribution in [3.05, 3.63) is 45.3 Å². The molecule has 128 valence electrons. The number of carbonyl (C=O) groups excluding carboxylic acids is 2. The first-order chi connectivity index (χ1) is 11.3. The Morgan fingerprint density at radius 2 is 1.96 bits per heavy atom. The van der Waals surface area contributed by atoms with Crippen LogP contribution in [0.25, 0.3) is 11.0 Å². The zero-order valence-corrected chi connectivity index (χ0v) is 14.3. The Labute approximate surface area is 139 Å². The second kappa shape index (κ2) is 7.29. The van der Waals surface area contributed by atoms with Gasteiger partial charge in [-0.15, -0.1) is 0 Å². The van der Waals surface area contributed by atoms with E-state index in [1.807, 2.05) is 19.1 Å². The van der Waals surface area contributed by atoms with Gasteiger partial charge in [0.1, 0.15) is 18.7 Å². The standard InChI is InChI=1S/C18H21NO5/c1-10(2)14-7-15-13(9-23-18(22)8-19-12(4)20)6-17(21)24-16(15)5-11(14)3/h5-7,10H,8-9H2,1-4H3,(H,19,20). The highest BCUT2D eigenvalue weighted by Gasteiger charge is 2.13. The van der Waals surface area contributed by atoms with Crippen LogP contribution >= 0.6 is 0 Å². The highest BCUT2D eigenvalue weighted by atomic mass is 16.5. The zero-order chi connectivity index (χ0) is 17.9. The van der Waals surface area contributed by atoms with Crippen molar-refractivity contribution in [2.24, 2.45) is 0 Å². The number of fused-ring (bicyclic) bond motifs is 1. The van der Waals surface area contributed by atoms with Crippen molar-refractivity contribution in [2.75, 3.05) is 6.54 Å². The molecule has 0 saturated heterocycles. The molecule has 0 aliphatic rings. The Morgan fingerprint density at radius 3 is 2.58 bits per heavy atom. The number of ether oxygens (including phenoxy) is 1. The molecule has 0 unspecified atom stereocenters. The van der Waals surface area contributed by atoms with Crippen molar-refractivity contribution in [3.63, 3.8) is 0 Å². The molecule has 2 aromatic rings. The van der Waals surface area contributed by atoms with Gasteiger partial charge in [0.05, 0.1) is 0 Å². The first-order valence-corrected chi connectivity index (χ1v) is 7.75. The Kier molecular flexibility index (Phi) is 5.39. The predicted molar refractivity (Wildman–Crippen MR) is 89.8 cm³/mol. The summed E-state index contributed by atoms with van der Waals surface area (Å²) in [5, 5.41) is 3.11. The molecule has 0 atom stereocenters. The molecule has 2 rings (SSSR count). The maximum absolute atomic E-state index is 11.7. The van der Waals surface area contributed by atoms with E-state index in [0.717, 1.165) is 16.5 Å². The molecule has 1 aromatic carbocycles. The lowest BCUT2D eigenvalue weighted by atomic mass is 9.95. The van der Waals surface area contributed by atoms with Crippen LogP contribution in [0, 0.1) is 6.92 Å². The smallest absolute Gasteiger partial charge is 0.336 e. The number of carbonyl (C=O) groups is 2. The van der Waals surface area contributed by atoms with Gasteiger partial charge in [0, 0.05) is 23.9 Å². The number of amides is 1. The fourth-order valence-electron chi connectivity index (χ4n) is 2.54. The minimum atomic E-state index is -0.567. The molecule has 0 aliphatic carbocycles. The van der Waals surface area contributed by atoms with E-state index in [9.17, 15) is 14.4 Å². The molecule has 6 heteroatoms. The van der Waals surface area contributed by atoms with E-state index in [4.69, 9.17) is 9.15 Å². The third-order valence-corrected chi connectivity index (χ3v) is 3.71. The summed E-state index contributed by atoms with van der Waals surface area (Å²) >= 11 is 0. The fourth-order valence-corrected chi connectivity index (χ4v) is 2.54. The van der Waals surface area contributed by atoms with Gasteiger partial charge in [-0.1, -0.05) is 13.8 Å². The molecule has 1 heterocycles. The molecule has 1 aromatic heterocycles. The van der Waals surface area contributed by atoms with E-state index in [0.29, 0.717) is 17.1 Å². The van der Waals surface area contributed by atoms with Crippen LogP contribution in [0.15, 0.2) is 27.4 Å². The van der Waals surface area contributed by atoms with E-state index in [1.54, 1.807) is 0 Å². The highest BCUT2D eigenvalue weighted by Crippen LogP contribution is 2.27. The number of benzene rings is 1. The van der Waals surface area contributed by atoms with E-state index in [-0.39, 0.29) is 19.1 Å². The second-order valence-corrected chi connectivity index (χ2v) is 6.02. The molecule has 1 N–H and O–H groups in total. The van der Waals surface area contributed by atoms with E-state index in [2.05, 4.69) is 19.2 Å². The summed E-state index contributed by atoms with van der Waals surface area (Å²) in [6.45, 7) is 7.20. The van der Waals surface area contributed by atoms with E-state index >= 15 is 0 Å². The molecule has 0 aliphatic heterocycles. The van der Waals surface area contributed by atoms with Crippen LogP contribution in [-0.4, -0.2) is 18.4 Å². The average Bonchev–Trinajstić information content (AvgIpc) is 2.49. The van der Waals surface area contributed by atoms with Gasteiger partial charge in [-0.2, -0.15) is 0 Å². The van der Waals surface area contributed by atoms with Gasteiger partial charge in [-0.05, 0) is 36.1 Å². The first kappa shape index (κ1) is 17.7.